The van der Waals surface area contributed by atoms with Gasteiger partial charge in [0.15, 0.2) is 0 Å². The van der Waals surface area contributed by atoms with Crippen molar-refractivity contribution in [2.45, 2.75) is 57.6 Å². The molecular weight excluding hydrogens is 246 g/mol. The number of aliphatic hydroxyl groups excluding tert-OH is 1. The monoisotopic (exact) mass is 273 g/mol. The van der Waals surface area contributed by atoms with Gasteiger partial charge in [0.2, 0.25) is 0 Å². The lowest BCUT2D eigenvalue weighted by Gasteiger charge is -2.28. The molecule has 1 aromatic rings. The van der Waals surface area contributed by atoms with E-state index in [1.165, 1.54) is 36.8 Å². The van der Waals surface area contributed by atoms with Gasteiger partial charge in [0.05, 0.1) is 6.10 Å². The van der Waals surface area contributed by atoms with Crippen LogP contribution in [0.2, 0.25) is 0 Å². The summed E-state index contributed by atoms with van der Waals surface area (Å²) >= 11 is 0. The van der Waals surface area contributed by atoms with E-state index in [0.29, 0.717) is 12.0 Å². The van der Waals surface area contributed by atoms with Crippen LogP contribution in [0.4, 0.5) is 0 Å². The highest BCUT2D eigenvalue weighted by Gasteiger charge is 2.32. The molecule has 110 valence electrons. The summed E-state index contributed by atoms with van der Waals surface area (Å²) in [5.74, 6) is 1.48. The molecule has 2 N–H and O–H groups in total. The molecule has 1 aromatic carbocycles. The van der Waals surface area contributed by atoms with E-state index in [1.807, 2.05) is 0 Å². The number of benzene rings is 1. The van der Waals surface area contributed by atoms with Crippen molar-refractivity contribution in [1.82, 2.24) is 5.32 Å². The van der Waals surface area contributed by atoms with E-state index in [1.54, 1.807) is 0 Å². The number of rotatable bonds is 5. The predicted molar refractivity (Wildman–Crippen MR) is 82.6 cm³/mol. The highest BCUT2D eigenvalue weighted by Crippen LogP contribution is 2.41. The Morgan fingerprint density at radius 3 is 2.55 bits per heavy atom. The number of nitrogens with one attached hydrogen (secondary N) is 1. The SMILES string of the molecule is Cc1ccc(C(NCC2CCCC(O)C2)C2CC2)cc1. The van der Waals surface area contributed by atoms with Crippen LogP contribution in [0, 0.1) is 18.8 Å². The molecule has 2 saturated carbocycles. The summed E-state index contributed by atoms with van der Waals surface area (Å²) in [5.41, 5.74) is 2.77. The van der Waals surface area contributed by atoms with Crippen molar-refractivity contribution >= 4 is 0 Å². The Morgan fingerprint density at radius 1 is 1.15 bits per heavy atom. The fourth-order valence-corrected chi connectivity index (χ4v) is 3.50. The molecule has 2 nitrogen and oxygen atoms in total. The highest BCUT2D eigenvalue weighted by atomic mass is 16.3. The Kier molecular flexibility index (Phi) is 4.42. The number of hydrogen-bond donors (Lipinski definition) is 2. The van der Waals surface area contributed by atoms with Crippen molar-refractivity contribution in [2.24, 2.45) is 11.8 Å². The minimum Gasteiger partial charge on any atom is -0.393 e. The van der Waals surface area contributed by atoms with Gasteiger partial charge in [-0.25, -0.2) is 0 Å². The summed E-state index contributed by atoms with van der Waals surface area (Å²) in [6.07, 6.45) is 7.10. The van der Waals surface area contributed by atoms with E-state index >= 15 is 0 Å². The zero-order valence-corrected chi connectivity index (χ0v) is 12.5. The lowest BCUT2D eigenvalue weighted by molar-refractivity contribution is 0.0993. The van der Waals surface area contributed by atoms with Gasteiger partial charge < -0.3 is 10.4 Å². The number of hydrogen-bond acceptors (Lipinski definition) is 2. The highest BCUT2D eigenvalue weighted by molar-refractivity contribution is 5.25. The third-order valence-corrected chi connectivity index (χ3v) is 4.91. The summed E-state index contributed by atoms with van der Waals surface area (Å²) in [7, 11) is 0. The van der Waals surface area contributed by atoms with Gasteiger partial charge in [0.25, 0.3) is 0 Å². The molecule has 3 rings (SSSR count). The molecule has 2 aliphatic rings. The summed E-state index contributed by atoms with van der Waals surface area (Å²) in [6, 6.07) is 9.52. The molecule has 0 spiro atoms. The van der Waals surface area contributed by atoms with Crippen LogP contribution >= 0.6 is 0 Å². The lowest BCUT2D eigenvalue weighted by Crippen LogP contribution is -2.32. The van der Waals surface area contributed by atoms with E-state index in [2.05, 4.69) is 36.5 Å². The molecular formula is C18H27NO. The first-order chi connectivity index (χ1) is 9.72. The molecule has 3 atom stereocenters. The molecule has 0 aliphatic heterocycles. The average Bonchev–Trinajstić information content (AvgIpc) is 3.26. The second-order valence-corrected chi connectivity index (χ2v) is 6.82. The second kappa shape index (κ2) is 6.28. The Bertz CT molecular complexity index is 424. The fourth-order valence-electron chi connectivity index (χ4n) is 3.50. The largest absolute Gasteiger partial charge is 0.393 e. The van der Waals surface area contributed by atoms with Crippen LogP contribution in [0.15, 0.2) is 24.3 Å². The summed E-state index contributed by atoms with van der Waals surface area (Å²) in [5, 5.41) is 13.6. The van der Waals surface area contributed by atoms with E-state index in [9.17, 15) is 5.11 Å². The maximum Gasteiger partial charge on any atom is 0.0543 e. The van der Waals surface area contributed by atoms with E-state index in [0.717, 1.165) is 25.3 Å². The standard InChI is InChI=1S/C18H27NO/c1-13-5-7-15(8-6-13)18(16-9-10-16)19-12-14-3-2-4-17(20)11-14/h5-8,14,16-20H,2-4,9-12H2,1H3. The summed E-state index contributed by atoms with van der Waals surface area (Å²) in [4.78, 5) is 0. The third kappa shape index (κ3) is 3.62. The normalized spacial score (nSPS) is 28.3. The Morgan fingerprint density at radius 2 is 1.90 bits per heavy atom. The molecule has 0 radical (unpaired) electrons. The van der Waals surface area contributed by atoms with Gasteiger partial charge >= 0.3 is 0 Å². The zero-order chi connectivity index (χ0) is 13.9. The molecule has 0 bridgehead atoms. The second-order valence-electron chi connectivity index (χ2n) is 6.82. The molecule has 3 unspecified atom stereocenters. The molecule has 0 heterocycles. The van der Waals surface area contributed by atoms with Gasteiger partial charge in [-0.05, 0) is 63.0 Å². The van der Waals surface area contributed by atoms with E-state index in [-0.39, 0.29) is 6.10 Å². The van der Waals surface area contributed by atoms with E-state index < -0.39 is 0 Å². The zero-order valence-electron chi connectivity index (χ0n) is 12.5. The lowest BCUT2D eigenvalue weighted by atomic mass is 9.87. The Balaban J connectivity index is 1.59. The predicted octanol–water partition coefficient (Wildman–Crippen LogP) is 3.59. The van der Waals surface area contributed by atoms with Crippen LogP contribution in [-0.4, -0.2) is 17.8 Å². The van der Waals surface area contributed by atoms with Crippen LogP contribution in [0.3, 0.4) is 0 Å². The van der Waals surface area contributed by atoms with E-state index in [4.69, 9.17) is 0 Å². The first kappa shape index (κ1) is 14.1. The van der Waals surface area contributed by atoms with Gasteiger partial charge in [-0.2, -0.15) is 0 Å². The van der Waals surface area contributed by atoms with Gasteiger partial charge in [-0.1, -0.05) is 36.2 Å². The maximum absolute atomic E-state index is 9.79. The average molecular weight is 273 g/mol. The molecule has 0 saturated heterocycles. The molecule has 0 amide bonds. The number of aryl methyl sites for hydroxylation is 1. The van der Waals surface area contributed by atoms with Crippen molar-refractivity contribution in [1.29, 1.82) is 0 Å². The van der Waals surface area contributed by atoms with Crippen molar-refractivity contribution < 1.29 is 5.11 Å². The van der Waals surface area contributed by atoms with Crippen LogP contribution in [-0.2, 0) is 0 Å². The summed E-state index contributed by atoms with van der Waals surface area (Å²) < 4.78 is 0. The topological polar surface area (TPSA) is 32.3 Å². The van der Waals surface area contributed by atoms with Crippen molar-refractivity contribution in [3.05, 3.63) is 35.4 Å². The smallest absolute Gasteiger partial charge is 0.0543 e. The first-order valence-corrected chi connectivity index (χ1v) is 8.20. The van der Waals surface area contributed by atoms with Crippen LogP contribution in [0.25, 0.3) is 0 Å². The molecule has 2 fully saturated rings. The Labute approximate surface area is 122 Å². The van der Waals surface area contributed by atoms with Crippen molar-refractivity contribution in [3.8, 4) is 0 Å². The minimum absolute atomic E-state index is 0.0608. The van der Waals surface area contributed by atoms with Crippen molar-refractivity contribution in [3.63, 3.8) is 0 Å². The molecule has 2 heteroatoms. The fraction of sp³-hybridized carbons (Fsp3) is 0.667. The Hall–Kier alpha value is -0.860. The maximum atomic E-state index is 9.79. The first-order valence-electron chi connectivity index (χ1n) is 8.20. The van der Waals surface area contributed by atoms with Crippen LogP contribution < -0.4 is 5.32 Å². The van der Waals surface area contributed by atoms with Gasteiger partial charge in [-0.15, -0.1) is 0 Å². The van der Waals surface area contributed by atoms with Crippen LogP contribution in [0.5, 0.6) is 0 Å². The molecule has 2 aliphatic carbocycles. The minimum atomic E-state index is -0.0608. The third-order valence-electron chi connectivity index (χ3n) is 4.91. The van der Waals surface area contributed by atoms with Gasteiger partial charge in [-0.3, -0.25) is 0 Å². The van der Waals surface area contributed by atoms with Gasteiger partial charge in [0, 0.05) is 6.04 Å². The molecule has 20 heavy (non-hydrogen) atoms. The molecule has 0 aromatic heterocycles. The van der Waals surface area contributed by atoms with Crippen molar-refractivity contribution in [2.75, 3.05) is 6.54 Å². The van der Waals surface area contributed by atoms with Gasteiger partial charge in [0.1, 0.15) is 0 Å². The number of aliphatic hydroxyl groups is 1. The quantitative estimate of drug-likeness (QED) is 0.859. The summed E-state index contributed by atoms with van der Waals surface area (Å²) in [6.45, 7) is 3.21. The van der Waals surface area contributed by atoms with Crippen LogP contribution in [0.1, 0.15) is 55.7 Å².